The quantitative estimate of drug-likeness (QED) is 0.0211. The lowest BCUT2D eigenvalue weighted by molar-refractivity contribution is -0.870. The van der Waals surface area contributed by atoms with E-state index < -0.39 is 24.3 Å². The molecular formula is C76H130NO8+. The number of esters is 2. The lowest BCUT2D eigenvalue weighted by Gasteiger charge is -2.25. The summed E-state index contributed by atoms with van der Waals surface area (Å²) in [5.41, 5.74) is 0. The predicted molar refractivity (Wildman–Crippen MR) is 364 cm³/mol. The van der Waals surface area contributed by atoms with Crippen LogP contribution in [0, 0.1) is 0 Å². The van der Waals surface area contributed by atoms with Crippen molar-refractivity contribution in [2.75, 3.05) is 47.5 Å². The van der Waals surface area contributed by atoms with E-state index >= 15 is 0 Å². The van der Waals surface area contributed by atoms with Gasteiger partial charge in [0, 0.05) is 12.8 Å². The first-order chi connectivity index (χ1) is 41.6. The predicted octanol–water partition coefficient (Wildman–Crippen LogP) is 21.6. The SMILES string of the molecule is CC/C=C\C/C=C\C/C=C\C/C=C\C/C=C\C/C=C\C/C=C\C/C=C\C/C=C\CCCCCC(=O)OC(COC(=O)CCCCCCCCCCCCCCCCCCC/C=C\CCCCCCCCCC)COC(OCC[N+](C)(C)C)C(=O)O. The second kappa shape index (κ2) is 65.7. The molecule has 9 nitrogen and oxygen atoms in total. The Hall–Kier alpha value is -4.31. The van der Waals surface area contributed by atoms with Crippen LogP contribution in [0.15, 0.2) is 122 Å². The molecule has 0 aliphatic heterocycles. The van der Waals surface area contributed by atoms with E-state index in [4.69, 9.17) is 18.9 Å². The minimum Gasteiger partial charge on any atom is -0.477 e. The van der Waals surface area contributed by atoms with Gasteiger partial charge < -0.3 is 28.5 Å². The van der Waals surface area contributed by atoms with Crippen molar-refractivity contribution in [3.8, 4) is 0 Å². The Morgan fingerprint density at radius 1 is 0.365 bits per heavy atom. The number of carboxylic acid groups (broad SMARTS) is 1. The van der Waals surface area contributed by atoms with Crippen molar-refractivity contribution in [2.45, 2.75) is 296 Å². The van der Waals surface area contributed by atoms with Crippen LogP contribution < -0.4 is 0 Å². The van der Waals surface area contributed by atoms with Crippen LogP contribution in [0.25, 0.3) is 0 Å². The number of aliphatic carboxylic acids is 1. The van der Waals surface area contributed by atoms with Crippen LogP contribution in [0.2, 0.25) is 0 Å². The molecule has 0 amide bonds. The third kappa shape index (κ3) is 67.1. The van der Waals surface area contributed by atoms with Gasteiger partial charge in [-0.15, -0.1) is 0 Å². The number of hydrogen-bond donors (Lipinski definition) is 1. The van der Waals surface area contributed by atoms with Gasteiger partial charge in [-0.25, -0.2) is 4.79 Å². The van der Waals surface area contributed by atoms with Crippen molar-refractivity contribution < 1.29 is 42.9 Å². The highest BCUT2D eigenvalue weighted by molar-refractivity contribution is 5.71. The molecule has 0 aromatic heterocycles. The fraction of sp³-hybridized carbons (Fsp3) is 0.697. The van der Waals surface area contributed by atoms with E-state index in [1.807, 2.05) is 21.1 Å². The summed E-state index contributed by atoms with van der Waals surface area (Å²) in [7, 11) is 5.96. The lowest BCUT2D eigenvalue weighted by Crippen LogP contribution is -2.40. The number of allylic oxidation sites excluding steroid dienone is 20. The van der Waals surface area contributed by atoms with Gasteiger partial charge in [-0.3, -0.25) is 9.59 Å². The number of quaternary nitrogens is 1. The van der Waals surface area contributed by atoms with Gasteiger partial charge in [0.15, 0.2) is 6.10 Å². The van der Waals surface area contributed by atoms with E-state index in [0.717, 1.165) is 96.3 Å². The molecule has 0 radical (unpaired) electrons. The average Bonchev–Trinajstić information content (AvgIpc) is 3.49. The Bertz CT molecular complexity index is 1810. The monoisotopic (exact) mass is 1180 g/mol. The zero-order chi connectivity index (χ0) is 61.9. The molecule has 0 heterocycles. The second-order valence-corrected chi connectivity index (χ2v) is 24.1. The number of carbonyl (C=O) groups excluding carboxylic acids is 2. The molecule has 0 aliphatic carbocycles. The van der Waals surface area contributed by atoms with Crippen LogP contribution in [-0.2, 0) is 33.3 Å². The lowest BCUT2D eigenvalue weighted by atomic mass is 10.0. The van der Waals surface area contributed by atoms with Crippen molar-refractivity contribution >= 4 is 17.9 Å². The molecule has 0 fully saturated rings. The number of rotatable bonds is 63. The van der Waals surface area contributed by atoms with E-state index in [1.165, 1.54) is 154 Å². The summed E-state index contributed by atoms with van der Waals surface area (Å²) >= 11 is 0. The van der Waals surface area contributed by atoms with Crippen molar-refractivity contribution in [1.29, 1.82) is 0 Å². The van der Waals surface area contributed by atoms with Crippen LogP contribution in [0.5, 0.6) is 0 Å². The molecule has 0 aromatic rings. The largest absolute Gasteiger partial charge is 0.477 e. The fourth-order valence-corrected chi connectivity index (χ4v) is 9.41. The average molecular weight is 1190 g/mol. The highest BCUT2D eigenvalue weighted by Crippen LogP contribution is 2.17. The Kier molecular flexibility index (Phi) is 62.3. The van der Waals surface area contributed by atoms with Crippen LogP contribution in [0.3, 0.4) is 0 Å². The smallest absolute Gasteiger partial charge is 0.361 e. The highest BCUT2D eigenvalue weighted by atomic mass is 16.7. The molecule has 9 heteroatoms. The summed E-state index contributed by atoms with van der Waals surface area (Å²) in [5.74, 6) is -2.05. The van der Waals surface area contributed by atoms with E-state index in [2.05, 4.69) is 135 Å². The first kappa shape index (κ1) is 80.7. The maximum absolute atomic E-state index is 12.9. The van der Waals surface area contributed by atoms with E-state index in [-0.39, 0.29) is 32.2 Å². The van der Waals surface area contributed by atoms with Gasteiger partial charge in [-0.2, -0.15) is 0 Å². The topological polar surface area (TPSA) is 108 Å². The number of hydrogen-bond acceptors (Lipinski definition) is 7. The van der Waals surface area contributed by atoms with E-state index in [0.29, 0.717) is 23.9 Å². The summed E-state index contributed by atoms with van der Waals surface area (Å²) in [6.07, 6.45) is 90.3. The molecule has 0 saturated carbocycles. The van der Waals surface area contributed by atoms with Gasteiger partial charge >= 0.3 is 17.9 Å². The molecule has 0 bridgehead atoms. The molecule has 0 spiro atoms. The minimum atomic E-state index is -1.53. The highest BCUT2D eigenvalue weighted by Gasteiger charge is 2.25. The zero-order valence-electron chi connectivity index (χ0n) is 55.5. The molecule has 0 aromatic carbocycles. The molecule has 0 saturated heterocycles. The standard InChI is InChI=1S/C76H129NO8/c1-6-8-10-12-14-16-18-20-22-24-26-28-30-32-34-36-37-39-41-43-45-47-49-51-53-55-57-59-61-63-65-67-74(79)85-72(71-84-76(75(80)81)82-69-68-77(3,4)5)70-83-73(78)66-64-62-60-58-56-54-52-50-48-46-44-42-40-38-35-33-31-29-27-25-23-21-19-17-15-13-11-9-7-2/h8,10,14,16,20,22,25-28,32,34,37,39,43,45,49,51,55,57,72,76H,6-7,9,11-13,15,17-19,21,23-24,29-31,33,35-36,38,40-42,44,46-48,50,52-54,56,58-71H2,1-5H3/p+1/b10-8-,16-14-,22-20-,27-25-,28-26-,34-32-,39-37-,45-43-,51-49-,57-55-. The van der Waals surface area contributed by atoms with Crippen molar-refractivity contribution in [1.82, 2.24) is 0 Å². The van der Waals surface area contributed by atoms with Crippen molar-refractivity contribution in [2.24, 2.45) is 0 Å². The molecule has 486 valence electrons. The van der Waals surface area contributed by atoms with Gasteiger partial charge in [0.25, 0.3) is 6.29 Å². The number of likely N-dealkylation sites (N-methyl/N-ethyl adjacent to an activating group) is 1. The summed E-state index contributed by atoms with van der Waals surface area (Å²) in [4.78, 5) is 37.6. The van der Waals surface area contributed by atoms with Crippen LogP contribution >= 0.6 is 0 Å². The van der Waals surface area contributed by atoms with Gasteiger partial charge in [-0.1, -0.05) is 283 Å². The molecule has 2 atom stereocenters. The van der Waals surface area contributed by atoms with Gasteiger partial charge in [-0.05, 0) is 109 Å². The Balaban J connectivity index is 4.23. The van der Waals surface area contributed by atoms with Crippen molar-refractivity contribution in [3.63, 3.8) is 0 Å². The second-order valence-electron chi connectivity index (χ2n) is 24.1. The number of ether oxygens (including phenoxy) is 4. The third-order valence-electron chi connectivity index (χ3n) is 14.7. The molecule has 85 heavy (non-hydrogen) atoms. The number of unbranched alkanes of at least 4 members (excludes halogenated alkanes) is 28. The first-order valence-corrected chi connectivity index (χ1v) is 34.7. The molecule has 0 rings (SSSR count). The minimum absolute atomic E-state index is 0.175. The molecule has 2 unspecified atom stereocenters. The van der Waals surface area contributed by atoms with Crippen LogP contribution in [0.4, 0.5) is 0 Å². The maximum atomic E-state index is 12.9. The summed E-state index contributed by atoms with van der Waals surface area (Å²) < 4.78 is 22.9. The zero-order valence-corrected chi connectivity index (χ0v) is 55.5. The summed E-state index contributed by atoms with van der Waals surface area (Å²) in [6, 6.07) is 0. The van der Waals surface area contributed by atoms with E-state index in [1.54, 1.807) is 0 Å². The van der Waals surface area contributed by atoms with Crippen molar-refractivity contribution in [3.05, 3.63) is 122 Å². The third-order valence-corrected chi connectivity index (χ3v) is 14.7. The molecule has 1 N–H and O–H groups in total. The maximum Gasteiger partial charge on any atom is 0.361 e. The first-order valence-electron chi connectivity index (χ1n) is 34.7. The van der Waals surface area contributed by atoms with Gasteiger partial charge in [0.1, 0.15) is 13.2 Å². The van der Waals surface area contributed by atoms with Gasteiger partial charge in [0.05, 0.1) is 34.4 Å². The Morgan fingerprint density at radius 3 is 1.02 bits per heavy atom. The number of carboxylic acids is 1. The number of carbonyl (C=O) groups is 3. The number of nitrogens with zero attached hydrogens (tertiary/aromatic N) is 1. The van der Waals surface area contributed by atoms with Crippen LogP contribution in [0.1, 0.15) is 284 Å². The fourth-order valence-electron chi connectivity index (χ4n) is 9.41. The molecular weight excluding hydrogens is 1050 g/mol. The summed E-state index contributed by atoms with van der Waals surface area (Å²) in [6.45, 7) is 4.74. The van der Waals surface area contributed by atoms with Crippen LogP contribution in [-0.4, -0.2) is 87.4 Å². The summed E-state index contributed by atoms with van der Waals surface area (Å²) in [5, 5.41) is 9.74. The Labute approximate surface area is 523 Å². The van der Waals surface area contributed by atoms with E-state index in [9.17, 15) is 19.5 Å². The van der Waals surface area contributed by atoms with Gasteiger partial charge in [0.2, 0.25) is 0 Å². The molecule has 0 aliphatic rings. The normalized spacial score (nSPS) is 13.5. The Morgan fingerprint density at radius 2 is 0.671 bits per heavy atom.